The fourth-order valence-electron chi connectivity index (χ4n) is 1.52. The van der Waals surface area contributed by atoms with Gasteiger partial charge >= 0.3 is 5.97 Å². The Balaban J connectivity index is 2.02. The molecule has 15 heavy (non-hydrogen) atoms. The number of unbranched alkanes of at least 4 members (excludes halogenated alkanes) is 2. The molecule has 1 saturated carbocycles. The van der Waals surface area contributed by atoms with Crippen LogP contribution in [0, 0.1) is 5.41 Å². The van der Waals surface area contributed by atoms with E-state index in [9.17, 15) is 4.79 Å². The second-order valence-corrected chi connectivity index (χ2v) is 4.87. The van der Waals surface area contributed by atoms with Crippen molar-refractivity contribution in [3.63, 3.8) is 0 Å². The van der Waals surface area contributed by atoms with Gasteiger partial charge in [-0.15, -0.1) is 0 Å². The van der Waals surface area contributed by atoms with Crippen LogP contribution in [0.2, 0.25) is 0 Å². The average Bonchev–Trinajstić information content (AvgIpc) is 3.03. The fourth-order valence-corrected chi connectivity index (χ4v) is 1.91. The molecule has 0 N–H and O–H groups in total. The van der Waals surface area contributed by atoms with Crippen molar-refractivity contribution >= 4 is 21.9 Å². The van der Waals surface area contributed by atoms with Gasteiger partial charge in [-0.2, -0.15) is 0 Å². The van der Waals surface area contributed by atoms with E-state index in [4.69, 9.17) is 9.47 Å². The van der Waals surface area contributed by atoms with E-state index in [1.807, 2.05) is 0 Å². The first-order valence-corrected chi connectivity index (χ1v) is 6.59. The van der Waals surface area contributed by atoms with Crippen molar-refractivity contribution in [3.05, 3.63) is 0 Å². The molecule has 0 radical (unpaired) electrons. The van der Waals surface area contributed by atoms with E-state index in [0.717, 1.165) is 31.2 Å². The number of rotatable bonds is 8. The molecule has 88 valence electrons. The van der Waals surface area contributed by atoms with E-state index in [0.29, 0.717) is 6.61 Å². The summed E-state index contributed by atoms with van der Waals surface area (Å²) in [5.41, 5.74) is -0.288. The monoisotopic (exact) mass is 278 g/mol. The summed E-state index contributed by atoms with van der Waals surface area (Å²) in [6.45, 7) is 1.29. The van der Waals surface area contributed by atoms with E-state index in [-0.39, 0.29) is 11.4 Å². The van der Waals surface area contributed by atoms with Gasteiger partial charge in [0.2, 0.25) is 0 Å². The van der Waals surface area contributed by atoms with E-state index in [2.05, 4.69) is 15.9 Å². The molecular weight excluding hydrogens is 260 g/mol. The van der Waals surface area contributed by atoms with Crippen LogP contribution in [0.4, 0.5) is 0 Å². The van der Waals surface area contributed by atoms with Crippen LogP contribution in [0.5, 0.6) is 0 Å². The molecule has 0 aromatic heterocycles. The second-order valence-electron chi connectivity index (χ2n) is 4.07. The van der Waals surface area contributed by atoms with Gasteiger partial charge in [0.1, 0.15) is 0 Å². The van der Waals surface area contributed by atoms with Crippen molar-refractivity contribution in [2.75, 3.05) is 25.7 Å². The van der Waals surface area contributed by atoms with Crippen LogP contribution >= 0.6 is 15.9 Å². The molecule has 0 aliphatic heterocycles. The maximum atomic E-state index is 11.4. The van der Waals surface area contributed by atoms with Gasteiger partial charge < -0.3 is 9.47 Å². The lowest BCUT2D eigenvalue weighted by Gasteiger charge is -2.12. The molecule has 1 aliphatic carbocycles. The van der Waals surface area contributed by atoms with Gasteiger partial charge in [-0.1, -0.05) is 22.4 Å². The molecule has 0 atom stereocenters. The molecular formula is C11H19BrO3. The third-order valence-corrected chi connectivity index (χ3v) is 3.33. The summed E-state index contributed by atoms with van der Waals surface area (Å²) in [7, 11) is 1.44. The molecule has 1 rings (SSSR count). The van der Waals surface area contributed by atoms with Crippen molar-refractivity contribution in [2.45, 2.75) is 32.1 Å². The van der Waals surface area contributed by atoms with Crippen molar-refractivity contribution in [2.24, 2.45) is 5.41 Å². The van der Waals surface area contributed by atoms with Crippen molar-refractivity contribution in [1.82, 2.24) is 0 Å². The number of halogens is 1. The molecule has 4 heteroatoms. The van der Waals surface area contributed by atoms with Crippen LogP contribution in [0.1, 0.15) is 32.1 Å². The van der Waals surface area contributed by atoms with E-state index in [1.54, 1.807) is 0 Å². The highest BCUT2D eigenvalue weighted by Gasteiger charge is 2.51. The van der Waals surface area contributed by atoms with E-state index < -0.39 is 0 Å². The van der Waals surface area contributed by atoms with Crippen molar-refractivity contribution in [1.29, 1.82) is 0 Å². The summed E-state index contributed by atoms with van der Waals surface area (Å²) < 4.78 is 10.3. The Hall–Kier alpha value is -0.0900. The largest absolute Gasteiger partial charge is 0.469 e. The first-order valence-electron chi connectivity index (χ1n) is 5.47. The quantitative estimate of drug-likeness (QED) is 0.389. The third-order valence-electron chi connectivity index (χ3n) is 2.77. The summed E-state index contributed by atoms with van der Waals surface area (Å²) in [4.78, 5) is 11.4. The summed E-state index contributed by atoms with van der Waals surface area (Å²) in [6, 6.07) is 0. The lowest BCUT2D eigenvalue weighted by molar-refractivity contribution is -0.149. The topological polar surface area (TPSA) is 35.5 Å². The first kappa shape index (κ1) is 13.0. The Kier molecular flexibility index (Phi) is 5.61. The zero-order valence-corrected chi connectivity index (χ0v) is 10.8. The molecule has 0 heterocycles. The molecule has 1 fully saturated rings. The SMILES string of the molecule is COC(=O)C1(COCCCCCBr)CC1. The standard InChI is InChI=1S/C11H19BrO3/c1-14-10(13)11(5-6-11)9-15-8-4-2-3-7-12/h2-9H2,1H3. The Bertz CT molecular complexity index is 202. The molecule has 0 aromatic carbocycles. The molecule has 0 aromatic rings. The lowest BCUT2D eigenvalue weighted by atomic mass is 10.1. The molecule has 0 unspecified atom stereocenters. The predicted octanol–water partition coefficient (Wildman–Crippen LogP) is 2.52. The first-order chi connectivity index (χ1) is 7.25. The minimum absolute atomic E-state index is 0.108. The Morgan fingerprint density at radius 1 is 1.33 bits per heavy atom. The third kappa shape index (κ3) is 4.11. The number of carbonyl (C=O) groups is 1. The van der Waals surface area contributed by atoms with Gasteiger partial charge in [-0.25, -0.2) is 0 Å². The Morgan fingerprint density at radius 3 is 2.60 bits per heavy atom. The number of alkyl halides is 1. The number of esters is 1. The Labute approximate surface area is 99.6 Å². The maximum absolute atomic E-state index is 11.4. The predicted molar refractivity (Wildman–Crippen MR) is 62.1 cm³/mol. The van der Waals surface area contributed by atoms with Gasteiger partial charge in [0.05, 0.1) is 19.1 Å². The average molecular weight is 279 g/mol. The Morgan fingerprint density at radius 2 is 2.07 bits per heavy atom. The molecule has 0 saturated heterocycles. The van der Waals surface area contributed by atoms with E-state index in [1.165, 1.54) is 20.0 Å². The summed E-state index contributed by atoms with van der Waals surface area (Å²) in [5.74, 6) is -0.108. The fraction of sp³-hybridized carbons (Fsp3) is 0.909. The summed E-state index contributed by atoms with van der Waals surface area (Å²) in [6.07, 6.45) is 5.27. The van der Waals surface area contributed by atoms with Crippen LogP contribution in [-0.4, -0.2) is 31.6 Å². The van der Waals surface area contributed by atoms with Gasteiger partial charge in [0.25, 0.3) is 0 Å². The highest BCUT2D eigenvalue weighted by Crippen LogP contribution is 2.46. The van der Waals surface area contributed by atoms with Gasteiger partial charge in [-0.05, 0) is 25.7 Å². The van der Waals surface area contributed by atoms with Crippen molar-refractivity contribution in [3.8, 4) is 0 Å². The normalized spacial score (nSPS) is 17.5. The zero-order chi connectivity index (χ0) is 11.1. The van der Waals surface area contributed by atoms with Crippen LogP contribution < -0.4 is 0 Å². The van der Waals surface area contributed by atoms with Crippen LogP contribution in [0.3, 0.4) is 0 Å². The van der Waals surface area contributed by atoms with E-state index >= 15 is 0 Å². The molecule has 1 aliphatic rings. The van der Waals surface area contributed by atoms with Gasteiger partial charge in [0.15, 0.2) is 0 Å². The zero-order valence-electron chi connectivity index (χ0n) is 9.26. The summed E-state index contributed by atoms with van der Waals surface area (Å²) in [5, 5.41) is 1.05. The second kappa shape index (κ2) is 6.48. The van der Waals surface area contributed by atoms with Crippen LogP contribution in [0.25, 0.3) is 0 Å². The number of methoxy groups -OCH3 is 1. The highest BCUT2D eigenvalue weighted by molar-refractivity contribution is 9.09. The van der Waals surface area contributed by atoms with Crippen molar-refractivity contribution < 1.29 is 14.3 Å². The lowest BCUT2D eigenvalue weighted by Crippen LogP contribution is -2.23. The summed E-state index contributed by atoms with van der Waals surface area (Å²) >= 11 is 3.39. The van der Waals surface area contributed by atoms with Crippen LogP contribution in [0.15, 0.2) is 0 Å². The molecule has 3 nitrogen and oxygen atoms in total. The minimum Gasteiger partial charge on any atom is -0.469 e. The molecule has 0 spiro atoms. The maximum Gasteiger partial charge on any atom is 0.314 e. The minimum atomic E-state index is -0.288. The number of hydrogen-bond donors (Lipinski definition) is 0. The smallest absolute Gasteiger partial charge is 0.314 e. The number of ether oxygens (including phenoxy) is 2. The van der Waals surface area contributed by atoms with Gasteiger partial charge in [-0.3, -0.25) is 4.79 Å². The molecule has 0 bridgehead atoms. The number of hydrogen-bond acceptors (Lipinski definition) is 3. The number of carbonyl (C=O) groups excluding carboxylic acids is 1. The van der Waals surface area contributed by atoms with Gasteiger partial charge in [0, 0.05) is 11.9 Å². The highest BCUT2D eigenvalue weighted by atomic mass is 79.9. The van der Waals surface area contributed by atoms with Crippen LogP contribution in [-0.2, 0) is 14.3 Å². The molecule has 0 amide bonds.